The van der Waals surface area contributed by atoms with Crippen molar-refractivity contribution in [2.24, 2.45) is 5.92 Å². The number of amides is 1. The predicted molar refractivity (Wildman–Crippen MR) is 88.5 cm³/mol. The maximum Gasteiger partial charge on any atom is 0.243 e. The molecule has 22 heavy (non-hydrogen) atoms. The molecule has 1 saturated carbocycles. The predicted octanol–water partition coefficient (Wildman–Crippen LogP) is 3.20. The highest BCUT2D eigenvalue weighted by molar-refractivity contribution is 6.29. The molecule has 1 amide bonds. The van der Waals surface area contributed by atoms with Gasteiger partial charge in [0, 0.05) is 18.8 Å². The Kier molecular flexibility index (Phi) is 6.87. The van der Waals surface area contributed by atoms with Gasteiger partial charge in [0.15, 0.2) is 0 Å². The summed E-state index contributed by atoms with van der Waals surface area (Å²) in [5, 5.41) is 13.2. The number of carbonyl (C=O) groups is 1. The fraction of sp³-hybridized carbons (Fsp3) is 0.529. The van der Waals surface area contributed by atoms with Gasteiger partial charge in [-0.25, -0.2) is 4.98 Å². The second-order valence-corrected chi connectivity index (χ2v) is 6.18. The minimum absolute atomic E-state index is 0.114. The van der Waals surface area contributed by atoms with Crippen LogP contribution in [0.2, 0.25) is 5.15 Å². The Bertz CT molecular complexity index is 519. The lowest BCUT2D eigenvalue weighted by atomic mass is 9.83. The first-order valence-corrected chi connectivity index (χ1v) is 8.28. The second kappa shape index (κ2) is 8.91. The van der Waals surface area contributed by atoms with Crippen molar-refractivity contribution in [3.63, 3.8) is 0 Å². The molecule has 2 rings (SSSR count). The summed E-state index contributed by atoms with van der Waals surface area (Å²) in [5.74, 6) is 0.289. The summed E-state index contributed by atoms with van der Waals surface area (Å²) < 4.78 is 0. The van der Waals surface area contributed by atoms with Crippen molar-refractivity contribution >= 4 is 23.6 Å². The smallest absolute Gasteiger partial charge is 0.243 e. The average Bonchev–Trinajstić information content (AvgIpc) is 2.51. The van der Waals surface area contributed by atoms with E-state index in [-0.39, 0.29) is 12.0 Å². The first kappa shape index (κ1) is 17.0. The van der Waals surface area contributed by atoms with Crippen molar-refractivity contribution in [1.29, 1.82) is 0 Å². The van der Waals surface area contributed by atoms with Gasteiger partial charge in [0.2, 0.25) is 5.91 Å². The zero-order valence-electron chi connectivity index (χ0n) is 12.7. The molecule has 0 aliphatic heterocycles. The summed E-state index contributed by atoms with van der Waals surface area (Å²) in [5.41, 5.74) is 0.848. The van der Waals surface area contributed by atoms with Crippen LogP contribution in [0.25, 0.3) is 6.08 Å². The van der Waals surface area contributed by atoms with Crippen LogP contribution in [-0.4, -0.2) is 28.6 Å². The lowest BCUT2D eigenvalue weighted by Crippen LogP contribution is -2.27. The highest BCUT2D eigenvalue weighted by atomic mass is 35.5. The summed E-state index contributed by atoms with van der Waals surface area (Å²) in [4.78, 5) is 15.6. The fourth-order valence-corrected chi connectivity index (χ4v) is 3.03. The number of carbonyl (C=O) groups excluding carboxylic acids is 1. The van der Waals surface area contributed by atoms with Crippen LogP contribution in [0.1, 0.15) is 44.1 Å². The van der Waals surface area contributed by atoms with Crippen molar-refractivity contribution in [2.45, 2.75) is 44.6 Å². The number of halogens is 1. The molecule has 120 valence electrons. The maximum absolute atomic E-state index is 11.7. The molecule has 2 unspecified atom stereocenters. The Morgan fingerprint density at radius 1 is 1.45 bits per heavy atom. The fourth-order valence-electron chi connectivity index (χ4n) is 2.85. The van der Waals surface area contributed by atoms with Crippen LogP contribution < -0.4 is 5.32 Å². The molecule has 1 aliphatic rings. The van der Waals surface area contributed by atoms with Crippen molar-refractivity contribution in [3.05, 3.63) is 35.1 Å². The molecule has 2 N–H and O–H groups in total. The van der Waals surface area contributed by atoms with Gasteiger partial charge in [-0.15, -0.1) is 0 Å². The van der Waals surface area contributed by atoms with E-state index in [0.29, 0.717) is 17.6 Å². The van der Waals surface area contributed by atoms with Crippen LogP contribution in [0.4, 0.5) is 0 Å². The Hall–Kier alpha value is -1.39. The molecule has 0 saturated heterocycles. The van der Waals surface area contributed by atoms with E-state index in [4.69, 9.17) is 11.6 Å². The SMILES string of the molecule is O=C(/C=C/c1ccnc(Cl)c1)NCCCC1CCCCC1O. The van der Waals surface area contributed by atoms with Gasteiger partial charge in [0.1, 0.15) is 5.15 Å². The molecule has 0 aromatic carbocycles. The van der Waals surface area contributed by atoms with Crippen LogP contribution in [0.15, 0.2) is 24.4 Å². The monoisotopic (exact) mass is 322 g/mol. The third-order valence-electron chi connectivity index (χ3n) is 4.10. The molecule has 1 aliphatic carbocycles. The van der Waals surface area contributed by atoms with Crippen LogP contribution in [0, 0.1) is 5.92 Å². The zero-order chi connectivity index (χ0) is 15.8. The summed E-state index contributed by atoms with van der Waals surface area (Å²) in [6.07, 6.45) is 10.9. The Labute approximate surface area is 136 Å². The van der Waals surface area contributed by atoms with Gasteiger partial charge in [-0.3, -0.25) is 4.79 Å². The molecule has 1 aromatic rings. The van der Waals surface area contributed by atoms with Gasteiger partial charge in [-0.05, 0) is 55.4 Å². The van der Waals surface area contributed by atoms with Crippen molar-refractivity contribution in [1.82, 2.24) is 10.3 Å². The number of aliphatic hydroxyl groups is 1. The highest BCUT2D eigenvalue weighted by Crippen LogP contribution is 2.27. The Morgan fingerprint density at radius 2 is 2.27 bits per heavy atom. The topological polar surface area (TPSA) is 62.2 Å². The van der Waals surface area contributed by atoms with Crippen LogP contribution in [-0.2, 0) is 4.79 Å². The molecule has 1 heterocycles. The molecule has 0 radical (unpaired) electrons. The van der Waals surface area contributed by atoms with E-state index >= 15 is 0 Å². The number of hydrogen-bond acceptors (Lipinski definition) is 3. The van der Waals surface area contributed by atoms with E-state index in [1.54, 1.807) is 24.4 Å². The van der Waals surface area contributed by atoms with Gasteiger partial charge >= 0.3 is 0 Å². The minimum Gasteiger partial charge on any atom is -0.393 e. The van der Waals surface area contributed by atoms with Crippen molar-refractivity contribution in [2.75, 3.05) is 6.54 Å². The number of nitrogens with zero attached hydrogens (tertiary/aromatic N) is 1. The molecular formula is C17H23ClN2O2. The Morgan fingerprint density at radius 3 is 3.05 bits per heavy atom. The van der Waals surface area contributed by atoms with Gasteiger partial charge in [0.25, 0.3) is 0 Å². The number of pyridine rings is 1. The normalized spacial score (nSPS) is 21.9. The standard InChI is InChI=1S/C17H23ClN2O2/c18-16-12-13(9-11-19-16)7-8-17(22)20-10-3-5-14-4-1-2-6-15(14)21/h7-9,11-12,14-15,21H,1-6,10H2,(H,20,22)/b8-7+. The quantitative estimate of drug-likeness (QED) is 0.480. The molecule has 1 aromatic heterocycles. The lowest BCUT2D eigenvalue weighted by molar-refractivity contribution is -0.116. The molecular weight excluding hydrogens is 300 g/mol. The zero-order valence-corrected chi connectivity index (χ0v) is 13.4. The molecule has 0 bridgehead atoms. The molecule has 4 nitrogen and oxygen atoms in total. The largest absolute Gasteiger partial charge is 0.393 e. The van der Waals surface area contributed by atoms with E-state index in [0.717, 1.165) is 37.7 Å². The number of nitrogens with one attached hydrogen (secondary N) is 1. The molecule has 0 spiro atoms. The van der Waals surface area contributed by atoms with Crippen LogP contribution in [0.5, 0.6) is 0 Å². The third kappa shape index (κ3) is 5.78. The number of aromatic nitrogens is 1. The summed E-state index contributed by atoms with van der Waals surface area (Å²) >= 11 is 5.78. The van der Waals surface area contributed by atoms with Crippen molar-refractivity contribution < 1.29 is 9.90 Å². The minimum atomic E-state index is -0.152. The molecule has 2 atom stereocenters. The van der Waals surface area contributed by atoms with Gasteiger partial charge in [-0.1, -0.05) is 24.4 Å². The van der Waals surface area contributed by atoms with Gasteiger partial charge in [-0.2, -0.15) is 0 Å². The van der Waals surface area contributed by atoms with E-state index in [1.165, 1.54) is 12.5 Å². The van der Waals surface area contributed by atoms with E-state index < -0.39 is 0 Å². The maximum atomic E-state index is 11.7. The summed E-state index contributed by atoms with van der Waals surface area (Å²) in [7, 11) is 0. The number of hydrogen-bond donors (Lipinski definition) is 2. The Balaban J connectivity index is 1.65. The van der Waals surface area contributed by atoms with Gasteiger partial charge < -0.3 is 10.4 Å². The highest BCUT2D eigenvalue weighted by Gasteiger charge is 2.22. The van der Waals surface area contributed by atoms with Crippen molar-refractivity contribution in [3.8, 4) is 0 Å². The third-order valence-corrected chi connectivity index (χ3v) is 4.30. The number of aliphatic hydroxyl groups excluding tert-OH is 1. The van der Waals surface area contributed by atoms with Crippen LogP contribution >= 0.6 is 11.6 Å². The van der Waals surface area contributed by atoms with Gasteiger partial charge in [0.05, 0.1) is 6.10 Å². The van der Waals surface area contributed by atoms with Crippen LogP contribution in [0.3, 0.4) is 0 Å². The summed E-state index contributed by atoms with van der Waals surface area (Å²) in [6, 6.07) is 3.50. The first-order chi connectivity index (χ1) is 10.6. The first-order valence-electron chi connectivity index (χ1n) is 7.90. The lowest BCUT2D eigenvalue weighted by Gasteiger charge is -2.27. The average molecular weight is 323 g/mol. The van der Waals surface area contributed by atoms with E-state index in [1.807, 2.05) is 0 Å². The van der Waals surface area contributed by atoms with E-state index in [9.17, 15) is 9.90 Å². The molecule has 1 fully saturated rings. The molecule has 5 heteroatoms. The summed E-state index contributed by atoms with van der Waals surface area (Å²) in [6.45, 7) is 0.642. The number of rotatable bonds is 6. The second-order valence-electron chi connectivity index (χ2n) is 5.79. The van der Waals surface area contributed by atoms with E-state index in [2.05, 4.69) is 10.3 Å².